The van der Waals surface area contributed by atoms with Crippen molar-refractivity contribution in [3.8, 4) is 23.8 Å². The van der Waals surface area contributed by atoms with Gasteiger partial charge in [0.2, 0.25) is 5.88 Å². The summed E-state index contributed by atoms with van der Waals surface area (Å²) >= 11 is 0. The maximum Gasteiger partial charge on any atom is 0.220 e. The van der Waals surface area contributed by atoms with Gasteiger partial charge in [0, 0.05) is 11.8 Å². The Morgan fingerprint density at radius 1 is 0.900 bits per heavy atom. The van der Waals surface area contributed by atoms with E-state index in [-0.39, 0.29) is 0 Å². The smallest absolute Gasteiger partial charge is 0.220 e. The molecule has 2 aromatic rings. The van der Waals surface area contributed by atoms with Gasteiger partial charge < -0.3 is 4.74 Å². The second-order valence-electron chi connectivity index (χ2n) is 4.60. The summed E-state index contributed by atoms with van der Waals surface area (Å²) < 4.78 is 5.79. The van der Waals surface area contributed by atoms with E-state index in [1.807, 2.05) is 20.8 Å². The number of rotatable bonds is 2. The van der Waals surface area contributed by atoms with Crippen LogP contribution in [0.15, 0.2) is 24.3 Å². The predicted octanol–water partition coefficient (Wildman–Crippen LogP) is 3.54. The molecule has 2 rings (SSSR count). The third-order valence-electron chi connectivity index (χ3n) is 2.86. The lowest BCUT2D eigenvalue weighted by atomic mass is 10.1. The molecule has 0 fully saturated rings. The molecule has 0 N–H and O–H groups in total. The second kappa shape index (κ2) is 5.42. The molecule has 0 saturated heterocycles. The van der Waals surface area contributed by atoms with Crippen LogP contribution in [0.4, 0.5) is 0 Å². The van der Waals surface area contributed by atoms with Crippen molar-refractivity contribution >= 4 is 0 Å². The monoisotopic (exact) mass is 263 g/mol. The van der Waals surface area contributed by atoms with Gasteiger partial charge in [-0.2, -0.15) is 10.5 Å². The van der Waals surface area contributed by atoms with Crippen LogP contribution in [-0.4, -0.2) is 4.98 Å². The van der Waals surface area contributed by atoms with Gasteiger partial charge in [0.25, 0.3) is 0 Å². The van der Waals surface area contributed by atoms with Gasteiger partial charge in [-0.3, -0.25) is 0 Å². The standard InChI is InChI=1S/C16H13N3O/c1-10-4-13(8-17)5-11(2)16(10)20-15-7-14(9-18)6-12(3)19-15/h4-7H,1-3H3. The molecule has 0 unspecified atom stereocenters. The van der Waals surface area contributed by atoms with Gasteiger partial charge in [-0.25, -0.2) is 4.98 Å². The Morgan fingerprint density at radius 2 is 1.45 bits per heavy atom. The van der Waals surface area contributed by atoms with E-state index >= 15 is 0 Å². The van der Waals surface area contributed by atoms with Crippen molar-refractivity contribution in [2.75, 3.05) is 0 Å². The Bertz CT molecular complexity index is 728. The van der Waals surface area contributed by atoms with E-state index in [1.165, 1.54) is 0 Å². The van der Waals surface area contributed by atoms with Crippen LogP contribution in [0.1, 0.15) is 27.9 Å². The number of benzene rings is 1. The number of aryl methyl sites for hydroxylation is 3. The summed E-state index contributed by atoms with van der Waals surface area (Å²) in [5.74, 6) is 1.06. The highest BCUT2D eigenvalue weighted by Gasteiger charge is 2.09. The number of nitriles is 2. The molecule has 98 valence electrons. The molecule has 0 bridgehead atoms. The van der Waals surface area contributed by atoms with Crippen molar-refractivity contribution in [1.29, 1.82) is 10.5 Å². The third kappa shape index (κ3) is 2.76. The molecular weight excluding hydrogens is 250 g/mol. The Morgan fingerprint density at radius 3 is 2.00 bits per heavy atom. The Balaban J connectivity index is 2.43. The number of pyridine rings is 1. The molecule has 0 amide bonds. The lowest BCUT2D eigenvalue weighted by molar-refractivity contribution is 0.454. The summed E-state index contributed by atoms with van der Waals surface area (Å²) in [5, 5.41) is 17.9. The van der Waals surface area contributed by atoms with Crippen LogP contribution in [0.25, 0.3) is 0 Å². The van der Waals surface area contributed by atoms with Crippen molar-refractivity contribution in [3.05, 3.63) is 52.2 Å². The van der Waals surface area contributed by atoms with Crippen molar-refractivity contribution in [2.45, 2.75) is 20.8 Å². The SMILES string of the molecule is Cc1cc(C#N)cc(Oc2c(C)cc(C#N)cc2C)n1. The average Bonchev–Trinajstić information content (AvgIpc) is 2.41. The van der Waals surface area contributed by atoms with E-state index in [9.17, 15) is 0 Å². The summed E-state index contributed by atoms with van der Waals surface area (Å²) in [6, 6.07) is 11.0. The van der Waals surface area contributed by atoms with E-state index in [0.29, 0.717) is 22.8 Å². The van der Waals surface area contributed by atoms with E-state index in [0.717, 1.165) is 16.8 Å². The number of hydrogen-bond acceptors (Lipinski definition) is 4. The van der Waals surface area contributed by atoms with Crippen molar-refractivity contribution < 1.29 is 4.74 Å². The van der Waals surface area contributed by atoms with Crippen molar-refractivity contribution in [2.24, 2.45) is 0 Å². The quantitative estimate of drug-likeness (QED) is 0.830. The molecule has 1 aromatic carbocycles. The zero-order chi connectivity index (χ0) is 14.7. The van der Waals surface area contributed by atoms with Gasteiger partial charge in [0.15, 0.2) is 0 Å². The summed E-state index contributed by atoms with van der Waals surface area (Å²) in [4.78, 5) is 4.26. The van der Waals surface area contributed by atoms with E-state index < -0.39 is 0 Å². The highest BCUT2D eigenvalue weighted by molar-refractivity contribution is 5.48. The highest BCUT2D eigenvalue weighted by Crippen LogP contribution is 2.29. The zero-order valence-corrected chi connectivity index (χ0v) is 11.6. The first kappa shape index (κ1) is 13.6. The van der Waals surface area contributed by atoms with Gasteiger partial charge in [0.1, 0.15) is 5.75 Å². The fourth-order valence-electron chi connectivity index (χ4n) is 2.04. The molecule has 0 spiro atoms. The first-order valence-electron chi connectivity index (χ1n) is 6.11. The Labute approximate surface area is 117 Å². The molecule has 0 aliphatic rings. The molecule has 20 heavy (non-hydrogen) atoms. The summed E-state index contributed by atoms with van der Waals surface area (Å²) in [6.45, 7) is 5.57. The van der Waals surface area contributed by atoms with Crippen LogP contribution in [0, 0.1) is 43.4 Å². The maximum absolute atomic E-state index is 8.96. The topological polar surface area (TPSA) is 69.7 Å². The van der Waals surface area contributed by atoms with Crippen LogP contribution < -0.4 is 4.74 Å². The Hall–Kier alpha value is -2.85. The van der Waals surface area contributed by atoms with E-state index in [4.69, 9.17) is 15.3 Å². The molecule has 0 saturated carbocycles. The number of hydrogen-bond donors (Lipinski definition) is 0. The minimum absolute atomic E-state index is 0.387. The lowest BCUT2D eigenvalue weighted by Gasteiger charge is -2.12. The first-order valence-corrected chi connectivity index (χ1v) is 6.11. The number of nitrogens with zero attached hydrogens (tertiary/aromatic N) is 3. The molecular formula is C16H13N3O. The summed E-state index contributed by atoms with van der Waals surface area (Å²) in [6.07, 6.45) is 0. The normalized spacial score (nSPS) is 9.65. The largest absolute Gasteiger partial charge is 0.438 e. The van der Waals surface area contributed by atoms with Gasteiger partial charge in [-0.15, -0.1) is 0 Å². The van der Waals surface area contributed by atoms with Gasteiger partial charge >= 0.3 is 0 Å². The minimum Gasteiger partial charge on any atom is -0.438 e. The third-order valence-corrected chi connectivity index (χ3v) is 2.86. The van der Waals surface area contributed by atoms with Gasteiger partial charge in [0.05, 0.1) is 23.3 Å². The molecule has 1 heterocycles. The summed E-state index contributed by atoms with van der Waals surface area (Å²) in [7, 11) is 0. The summed E-state index contributed by atoms with van der Waals surface area (Å²) in [5.41, 5.74) is 3.56. The highest BCUT2D eigenvalue weighted by atomic mass is 16.5. The van der Waals surface area contributed by atoms with E-state index in [2.05, 4.69) is 17.1 Å². The van der Waals surface area contributed by atoms with Crippen LogP contribution >= 0.6 is 0 Å². The molecule has 4 heteroatoms. The van der Waals surface area contributed by atoms with Gasteiger partial charge in [-0.05, 0) is 50.1 Å². The fraction of sp³-hybridized carbons (Fsp3) is 0.188. The maximum atomic E-state index is 8.96. The molecule has 0 radical (unpaired) electrons. The number of aromatic nitrogens is 1. The lowest BCUT2D eigenvalue weighted by Crippen LogP contribution is -1.96. The molecule has 0 aliphatic carbocycles. The second-order valence-corrected chi connectivity index (χ2v) is 4.60. The molecule has 0 atom stereocenters. The van der Waals surface area contributed by atoms with Gasteiger partial charge in [-0.1, -0.05) is 0 Å². The van der Waals surface area contributed by atoms with Crippen LogP contribution in [0.2, 0.25) is 0 Å². The molecule has 4 nitrogen and oxygen atoms in total. The van der Waals surface area contributed by atoms with Crippen LogP contribution in [-0.2, 0) is 0 Å². The fourth-order valence-corrected chi connectivity index (χ4v) is 2.04. The molecule has 0 aliphatic heterocycles. The van der Waals surface area contributed by atoms with Crippen molar-refractivity contribution in [1.82, 2.24) is 4.98 Å². The first-order chi connectivity index (χ1) is 9.53. The average molecular weight is 263 g/mol. The zero-order valence-electron chi connectivity index (χ0n) is 11.6. The van der Waals surface area contributed by atoms with Crippen LogP contribution in [0.3, 0.4) is 0 Å². The van der Waals surface area contributed by atoms with E-state index in [1.54, 1.807) is 24.3 Å². The van der Waals surface area contributed by atoms with Crippen molar-refractivity contribution in [3.63, 3.8) is 0 Å². The van der Waals surface area contributed by atoms with Crippen LogP contribution in [0.5, 0.6) is 11.6 Å². The number of ether oxygens (including phenoxy) is 1. The Kier molecular flexibility index (Phi) is 3.68. The predicted molar refractivity (Wildman–Crippen MR) is 74.4 cm³/mol. The minimum atomic E-state index is 0.387. The molecule has 1 aromatic heterocycles.